The minimum Gasteiger partial charge on any atom is -0.375 e. The Kier molecular flexibility index (Phi) is 3.66. The summed E-state index contributed by atoms with van der Waals surface area (Å²) in [5, 5.41) is 4.99. The summed E-state index contributed by atoms with van der Waals surface area (Å²) in [7, 11) is 0. The topological polar surface area (TPSA) is 29.8 Å². The zero-order chi connectivity index (χ0) is 11.6. The molecule has 3 fully saturated rings. The van der Waals surface area contributed by atoms with Crippen LogP contribution in [0.15, 0.2) is 0 Å². The highest BCUT2D eigenvalue weighted by atomic mass is 16.5. The number of ether oxygens (including phenoxy) is 1. The number of hydrogen-bond acceptors (Lipinski definition) is 3. The first-order chi connectivity index (χ1) is 8.42. The maximum atomic E-state index is 5.77. The molecule has 3 saturated heterocycles. The van der Waals surface area contributed by atoms with Crippen LogP contribution in [0.5, 0.6) is 0 Å². The number of rotatable bonds is 2. The van der Waals surface area contributed by atoms with Gasteiger partial charge in [0.05, 0.1) is 13.2 Å². The molecule has 3 heterocycles. The van der Waals surface area contributed by atoms with Gasteiger partial charge in [-0.15, -0.1) is 0 Å². The van der Waals surface area contributed by atoms with Gasteiger partial charge in [-0.25, -0.2) is 5.32 Å². The van der Waals surface area contributed by atoms with Crippen LogP contribution in [0.3, 0.4) is 0 Å². The summed E-state index contributed by atoms with van der Waals surface area (Å²) in [5.74, 6) is -0.102. The SMILES string of the molecule is C1CCN(C2(N3CCCC3)COCC[N]2)CC1. The Morgan fingerprint density at radius 1 is 0.824 bits per heavy atom. The highest BCUT2D eigenvalue weighted by Gasteiger charge is 2.46. The lowest BCUT2D eigenvalue weighted by Crippen LogP contribution is -2.70. The van der Waals surface area contributed by atoms with Crippen LogP contribution in [-0.4, -0.2) is 61.5 Å². The lowest BCUT2D eigenvalue weighted by Gasteiger charge is -2.51. The smallest absolute Gasteiger partial charge is 0.168 e. The van der Waals surface area contributed by atoms with Crippen LogP contribution in [0, 0.1) is 0 Å². The van der Waals surface area contributed by atoms with Gasteiger partial charge in [0, 0.05) is 32.7 Å². The molecule has 1 atom stereocenters. The minimum atomic E-state index is -0.102. The third kappa shape index (κ3) is 2.24. The van der Waals surface area contributed by atoms with Gasteiger partial charge in [-0.05, 0) is 25.7 Å². The molecule has 0 bridgehead atoms. The third-order valence-electron chi connectivity index (χ3n) is 4.37. The Labute approximate surface area is 104 Å². The van der Waals surface area contributed by atoms with Gasteiger partial charge in [-0.2, -0.15) is 0 Å². The van der Waals surface area contributed by atoms with E-state index in [9.17, 15) is 0 Å². The van der Waals surface area contributed by atoms with Gasteiger partial charge >= 0.3 is 0 Å². The predicted octanol–water partition coefficient (Wildman–Crippen LogP) is 0.857. The maximum absolute atomic E-state index is 5.77. The molecule has 0 amide bonds. The molecule has 3 aliphatic heterocycles. The molecule has 0 saturated carbocycles. The molecule has 0 N–H and O–H groups in total. The van der Waals surface area contributed by atoms with Crippen molar-refractivity contribution in [3.05, 3.63) is 0 Å². The Hall–Kier alpha value is -0.160. The number of morpholine rings is 1. The van der Waals surface area contributed by atoms with Crippen LogP contribution in [0.2, 0.25) is 0 Å². The lowest BCUT2D eigenvalue weighted by molar-refractivity contribution is -0.155. The molecule has 3 aliphatic rings. The first-order valence-electron chi connectivity index (χ1n) is 7.18. The Morgan fingerprint density at radius 3 is 1.94 bits per heavy atom. The fourth-order valence-electron chi connectivity index (χ4n) is 3.45. The molecule has 97 valence electrons. The first-order valence-corrected chi connectivity index (χ1v) is 7.18. The van der Waals surface area contributed by atoms with Crippen LogP contribution in [0.25, 0.3) is 0 Å². The van der Waals surface area contributed by atoms with Gasteiger partial charge in [0.2, 0.25) is 0 Å². The van der Waals surface area contributed by atoms with Crippen molar-refractivity contribution in [1.29, 1.82) is 0 Å². The first kappa shape index (κ1) is 11.9. The second-order valence-electron chi connectivity index (χ2n) is 5.45. The third-order valence-corrected chi connectivity index (χ3v) is 4.37. The van der Waals surface area contributed by atoms with Crippen molar-refractivity contribution in [2.75, 3.05) is 45.9 Å². The molecule has 0 aromatic carbocycles. The van der Waals surface area contributed by atoms with E-state index < -0.39 is 0 Å². The molecular formula is C13H24N3O. The van der Waals surface area contributed by atoms with E-state index >= 15 is 0 Å². The van der Waals surface area contributed by atoms with Crippen molar-refractivity contribution in [1.82, 2.24) is 15.1 Å². The van der Waals surface area contributed by atoms with E-state index in [-0.39, 0.29) is 5.79 Å². The average molecular weight is 238 g/mol. The summed E-state index contributed by atoms with van der Waals surface area (Å²) in [5.41, 5.74) is 0. The Morgan fingerprint density at radius 2 is 1.41 bits per heavy atom. The highest BCUT2D eigenvalue weighted by molar-refractivity contribution is 4.93. The van der Waals surface area contributed by atoms with Crippen molar-refractivity contribution in [3.63, 3.8) is 0 Å². The fraction of sp³-hybridized carbons (Fsp3) is 1.00. The van der Waals surface area contributed by atoms with Crippen LogP contribution in [-0.2, 0) is 4.74 Å². The van der Waals surface area contributed by atoms with Gasteiger partial charge in [-0.1, -0.05) is 6.42 Å². The van der Waals surface area contributed by atoms with E-state index in [4.69, 9.17) is 10.1 Å². The van der Waals surface area contributed by atoms with Crippen molar-refractivity contribution in [3.8, 4) is 0 Å². The second-order valence-corrected chi connectivity index (χ2v) is 5.45. The quantitative estimate of drug-likeness (QED) is 0.714. The second kappa shape index (κ2) is 5.22. The van der Waals surface area contributed by atoms with Crippen molar-refractivity contribution < 1.29 is 4.74 Å². The normalized spacial score (nSPS) is 37.4. The molecule has 0 aromatic heterocycles. The summed E-state index contributed by atoms with van der Waals surface area (Å²) >= 11 is 0. The van der Waals surface area contributed by atoms with E-state index in [1.165, 1.54) is 58.3 Å². The van der Waals surface area contributed by atoms with Crippen LogP contribution in [0.1, 0.15) is 32.1 Å². The molecular weight excluding hydrogens is 214 g/mol. The van der Waals surface area contributed by atoms with Crippen LogP contribution < -0.4 is 5.32 Å². The van der Waals surface area contributed by atoms with Crippen molar-refractivity contribution >= 4 is 0 Å². The van der Waals surface area contributed by atoms with Gasteiger partial charge < -0.3 is 4.74 Å². The Bertz CT molecular complexity index is 241. The monoisotopic (exact) mass is 238 g/mol. The van der Waals surface area contributed by atoms with E-state index in [0.29, 0.717) is 0 Å². The number of hydrogen-bond donors (Lipinski definition) is 0. The standard InChI is InChI=1S/C13H24N3O/c1-2-7-15(8-3-1)13(12-17-11-6-14-13)16-9-4-5-10-16/h1-12H2. The fourth-order valence-corrected chi connectivity index (χ4v) is 3.45. The zero-order valence-electron chi connectivity index (χ0n) is 10.7. The number of piperidine rings is 1. The van der Waals surface area contributed by atoms with E-state index in [0.717, 1.165) is 19.8 Å². The summed E-state index contributed by atoms with van der Waals surface area (Å²) in [6.45, 7) is 7.25. The van der Waals surface area contributed by atoms with Gasteiger partial charge in [0.1, 0.15) is 0 Å². The molecule has 1 unspecified atom stereocenters. The summed E-state index contributed by atoms with van der Waals surface area (Å²) in [6, 6.07) is 0. The van der Waals surface area contributed by atoms with Gasteiger partial charge in [-0.3, -0.25) is 9.80 Å². The molecule has 17 heavy (non-hydrogen) atoms. The van der Waals surface area contributed by atoms with Crippen molar-refractivity contribution in [2.45, 2.75) is 37.9 Å². The summed E-state index contributed by atoms with van der Waals surface area (Å²) in [6.07, 6.45) is 6.68. The molecule has 4 heteroatoms. The van der Waals surface area contributed by atoms with Crippen LogP contribution >= 0.6 is 0 Å². The van der Waals surface area contributed by atoms with Crippen LogP contribution in [0.4, 0.5) is 0 Å². The van der Waals surface area contributed by atoms with E-state index in [1.54, 1.807) is 0 Å². The maximum Gasteiger partial charge on any atom is 0.168 e. The van der Waals surface area contributed by atoms with Gasteiger partial charge in [0.15, 0.2) is 5.79 Å². The largest absolute Gasteiger partial charge is 0.375 e. The predicted molar refractivity (Wildman–Crippen MR) is 66.8 cm³/mol. The molecule has 0 spiro atoms. The molecule has 3 rings (SSSR count). The average Bonchev–Trinajstić information content (AvgIpc) is 2.95. The summed E-state index contributed by atoms with van der Waals surface area (Å²) < 4.78 is 5.77. The Balaban J connectivity index is 1.78. The number of likely N-dealkylation sites (tertiary alicyclic amines) is 2. The van der Waals surface area contributed by atoms with Crippen molar-refractivity contribution in [2.24, 2.45) is 0 Å². The molecule has 4 nitrogen and oxygen atoms in total. The minimum absolute atomic E-state index is 0.102. The molecule has 0 aromatic rings. The van der Waals surface area contributed by atoms with E-state index in [1.807, 2.05) is 0 Å². The highest BCUT2D eigenvalue weighted by Crippen LogP contribution is 2.29. The summed E-state index contributed by atoms with van der Waals surface area (Å²) in [4.78, 5) is 5.15. The molecule has 0 aliphatic carbocycles. The lowest BCUT2D eigenvalue weighted by atomic mass is 10.1. The number of nitrogens with zero attached hydrogens (tertiary/aromatic N) is 3. The molecule has 1 radical (unpaired) electrons. The zero-order valence-corrected chi connectivity index (χ0v) is 10.7. The van der Waals surface area contributed by atoms with Gasteiger partial charge in [0.25, 0.3) is 0 Å². The van der Waals surface area contributed by atoms with E-state index in [2.05, 4.69) is 9.80 Å².